The minimum Gasteiger partial charge on any atom is -0.493 e. The summed E-state index contributed by atoms with van der Waals surface area (Å²) in [7, 11) is 1.56. The van der Waals surface area contributed by atoms with Gasteiger partial charge in [-0.3, -0.25) is 15.0 Å². The fraction of sp³-hybridized carbons (Fsp3) is 0.360. The standard InChI is InChI=1S/C25H29N3O4S/c1-17-12-28(13-18(2)32-17)14-21-16-33-25(26-21)27-24(29)20-9-10-22(23(11-20)30-3)31-15-19-7-5-4-6-8-19/h4-11,16-18H,12-15H2,1-3H3,(H,26,27,29). The summed E-state index contributed by atoms with van der Waals surface area (Å²) in [6.45, 7) is 7.09. The van der Waals surface area contributed by atoms with Crippen LogP contribution in [0.5, 0.6) is 11.5 Å². The van der Waals surface area contributed by atoms with E-state index in [0.29, 0.717) is 28.8 Å². The molecular formula is C25H29N3O4S. The van der Waals surface area contributed by atoms with Crippen molar-refractivity contribution < 1.29 is 19.0 Å². The zero-order chi connectivity index (χ0) is 23.2. The zero-order valence-corrected chi connectivity index (χ0v) is 19.9. The Hall–Kier alpha value is -2.94. The lowest BCUT2D eigenvalue weighted by atomic mass is 10.2. The van der Waals surface area contributed by atoms with Crippen molar-refractivity contribution in [2.45, 2.75) is 39.2 Å². The van der Waals surface area contributed by atoms with Crippen molar-refractivity contribution >= 4 is 22.4 Å². The fourth-order valence-electron chi connectivity index (χ4n) is 3.91. The number of amides is 1. The molecule has 0 saturated carbocycles. The molecule has 3 aromatic rings. The number of aromatic nitrogens is 1. The molecule has 0 radical (unpaired) electrons. The van der Waals surface area contributed by atoms with Crippen molar-refractivity contribution in [1.82, 2.24) is 9.88 Å². The fourth-order valence-corrected chi connectivity index (χ4v) is 4.61. The van der Waals surface area contributed by atoms with Crippen LogP contribution >= 0.6 is 11.3 Å². The number of carbonyl (C=O) groups is 1. The Kier molecular flexibility index (Phi) is 7.59. The van der Waals surface area contributed by atoms with Crippen molar-refractivity contribution in [3.05, 3.63) is 70.7 Å². The van der Waals surface area contributed by atoms with Gasteiger partial charge in [-0.2, -0.15) is 0 Å². The molecule has 1 aromatic heterocycles. The third-order valence-electron chi connectivity index (χ3n) is 5.32. The summed E-state index contributed by atoms with van der Waals surface area (Å²) >= 11 is 1.42. The number of methoxy groups -OCH3 is 1. The lowest BCUT2D eigenvalue weighted by Crippen LogP contribution is -2.44. The second-order valence-corrected chi connectivity index (χ2v) is 9.05. The number of hydrogen-bond donors (Lipinski definition) is 1. The molecular weight excluding hydrogens is 438 g/mol. The smallest absolute Gasteiger partial charge is 0.257 e. The van der Waals surface area contributed by atoms with Gasteiger partial charge < -0.3 is 14.2 Å². The van der Waals surface area contributed by atoms with Gasteiger partial charge in [0.1, 0.15) is 6.61 Å². The number of benzene rings is 2. The summed E-state index contributed by atoms with van der Waals surface area (Å²) in [5.41, 5.74) is 2.48. The van der Waals surface area contributed by atoms with Gasteiger partial charge >= 0.3 is 0 Å². The first-order valence-electron chi connectivity index (χ1n) is 11.0. The lowest BCUT2D eigenvalue weighted by molar-refractivity contribution is -0.0707. The summed E-state index contributed by atoms with van der Waals surface area (Å²) in [5.74, 6) is 0.856. The Morgan fingerprint density at radius 1 is 1.15 bits per heavy atom. The normalized spacial score (nSPS) is 18.6. The monoisotopic (exact) mass is 467 g/mol. The largest absolute Gasteiger partial charge is 0.493 e. The number of ether oxygens (including phenoxy) is 3. The maximum absolute atomic E-state index is 12.8. The van der Waals surface area contributed by atoms with Crippen LogP contribution in [0.3, 0.4) is 0 Å². The Labute approximate surface area is 198 Å². The summed E-state index contributed by atoms with van der Waals surface area (Å²) < 4.78 is 17.1. The number of carbonyl (C=O) groups excluding carboxylic acids is 1. The van der Waals surface area contributed by atoms with E-state index in [1.165, 1.54) is 11.3 Å². The van der Waals surface area contributed by atoms with Gasteiger partial charge in [0.05, 0.1) is 25.0 Å². The first-order chi connectivity index (χ1) is 16.0. The average molecular weight is 468 g/mol. The molecule has 1 fully saturated rings. The molecule has 2 unspecified atom stereocenters. The van der Waals surface area contributed by atoms with Crippen LogP contribution in [0.2, 0.25) is 0 Å². The molecule has 0 spiro atoms. The number of nitrogens with zero attached hydrogens (tertiary/aromatic N) is 2. The van der Waals surface area contributed by atoms with Crippen LogP contribution in [0.15, 0.2) is 53.9 Å². The molecule has 2 atom stereocenters. The number of rotatable bonds is 8. The van der Waals surface area contributed by atoms with Gasteiger partial charge in [-0.05, 0) is 37.6 Å². The van der Waals surface area contributed by atoms with E-state index in [-0.39, 0.29) is 18.1 Å². The third-order valence-corrected chi connectivity index (χ3v) is 6.12. The first-order valence-corrected chi connectivity index (χ1v) is 11.9. The van der Waals surface area contributed by atoms with Crippen LogP contribution < -0.4 is 14.8 Å². The van der Waals surface area contributed by atoms with Crippen molar-refractivity contribution in [3.8, 4) is 11.5 Å². The Bertz CT molecular complexity index is 1060. The molecule has 174 valence electrons. The average Bonchev–Trinajstić information content (AvgIpc) is 3.24. The highest BCUT2D eigenvalue weighted by Crippen LogP contribution is 2.29. The van der Waals surface area contributed by atoms with E-state index in [9.17, 15) is 4.79 Å². The van der Waals surface area contributed by atoms with Gasteiger partial charge in [-0.25, -0.2) is 4.98 Å². The second kappa shape index (κ2) is 10.8. The summed E-state index contributed by atoms with van der Waals surface area (Å²) in [6.07, 6.45) is 0.419. The molecule has 1 amide bonds. The van der Waals surface area contributed by atoms with E-state index in [1.807, 2.05) is 35.7 Å². The predicted octanol–water partition coefficient (Wildman–Crippen LogP) is 4.59. The molecule has 1 aliphatic rings. The number of nitrogens with one attached hydrogen (secondary N) is 1. The molecule has 8 heteroatoms. The van der Waals surface area contributed by atoms with E-state index in [2.05, 4.69) is 29.0 Å². The van der Waals surface area contributed by atoms with Crippen molar-refractivity contribution in [3.63, 3.8) is 0 Å². The quantitative estimate of drug-likeness (QED) is 0.522. The van der Waals surface area contributed by atoms with E-state index >= 15 is 0 Å². The Balaban J connectivity index is 1.36. The van der Waals surface area contributed by atoms with Crippen molar-refractivity contribution in [2.24, 2.45) is 0 Å². The third kappa shape index (κ3) is 6.31. The van der Waals surface area contributed by atoms with Gasteiger partial charge in [-0.1, -0.05) is 30.3 Å². The van der Waals surface area contributed by atoms with Gasteiger partial charge in [0.15, 0.2) is 16.6 Å². The maximum atomic E-state index is 12.8. The molecule has 1 aliphatic heterocycles. The molecule has 0 bridgehead atoms. The van der Waals surface area contributed by atoms with Crippen LogP contribution in [-0.2, 0) is 17.9 Å². The van der Waals surface area contributed by atoms with E-state index in [4.69, 9.17) is 14.2 Å². The van der Waals surface area contributed by atoms with Crippen LogP contribution in [0.4, 0.5) is 5.13 Å². The zero-order valence-electron chi connectivity index (χ0n) is 19.1. The summed E-state index contributed by atoms with van der Waals surface area (Å²) in [5, 5.41) is 5.46. The van der Waals surface area contributed by atoms with Gasteiger partial charge in [0.25, 0.3) is 5.91 Å². The van der Waals surface area contributed by atoms with Crippen molar-refractivity contribution in [1.29, 1.82) is 0 Å². The highest BCUT2D eigenvalue weighted by Gasteiger charge is 2.23. The maximum Gasteiger partial charge on any atom is 0.257 e. The molecule has 7 nitrogen and oxygen atoms in total. The van der Waals surface area contributed by atoms with E-state index < -0.39 is 0 Å². The number of morpholine rings is 1. The lowest BCUT2D eigenvalue weighted by Gasteiger charge is -2.34. The van der Waals surface area contributed by atoms with Gasteiger partial charge in [0.2, 0.25) is 0 Å². The topological polar surface area (TPSA) is 72.9 Å². The molecule has 1 N–H and O–H groups in total. The van der Waals surface area contributed by atoms with Crippen molar-refractivity contribution in [2.75, 3.05) is 25.5 Å². The number of hydrogen-bond acceptors (Lipinski definition) is 7. The van der Waals surface area contributed by atoms with Crippen LogP contribution in [0.1, 0.15) is 35.5 Å². The summed E-state index contributed by atoms with van der Waals surface area (Å²) in [6, 6.07) is 15.1. The molecule has 0 aliphatic carbocycles. The Morgan fingerprint density at radius 2 is 1.91 bits per heavy atom. The molecule has 1 saturated heterocycles. The molecule has 33 heavy (non-hydrogen) atoms. The first kappa shape index (κ1) is 23.2. The number of anilines is 1. The molecule has 2 heterocycles. The summed E-state index contributed by atoms with van der Waals surface area (Å²) in [4.78, 5) is 19.7. The van der Waals surface area contributed by atoms with Crippen LogP contribution in [-0.4, -0.2) is 48.2 Å². The molecule has 2 aromatic carbocycles. The van der Waals surface area contributed by atoms with E-state index in [0.717, 1.165) is 30.9 Å². The predicted molar refractivity (Wildman–Crippen MR) is 129 cm³/mol. The second-order valence-electron chi connectivity index (χ2n) is 8.19. The highest BCUT2D eigenvalue weighted by molar-refractivity contribution is 7.14. The highest BCUT2D eigenvalue weighted by atomic mass is 32.1. The van der Waals surface area contributed by atoms with Gasteiger partial charge in [-0.15, -0.1) is 11.3 Å². The minimum atomic E-state index is -0.238. The van der Waals surface area contributed by atoms with Crippen LogP contribution in [0, 0.1) is 0 Å². The van der Waals surface area contributed by atoms with E-state index in [1.54, 1.807) is 25.3 Å². The van der Waals surface area contributed by atoms with Crippen LogP contribution in [0.25, 0.3) is 0 Å². The minimum absolute atomic E-state index is 0.209. The molecule has 4 rings (SSSR count). The SMILES string of the molecule is COc1cc(C(=O)Nc2nc(CN3CC(C)OC(C)C3)cs2)ccc1OCc1ccccc1. The van der Waals surface area contributed by atoms with Gasteiger partial charge in [0, 0.05) is 30.6 Å². The number of thiazole rings is 1. The Morgan fingerprint density at radius 3 is 2.64 bits per heavy atom.